The van der Waals surface area contributed by atoms with Crippen LogP contribution in [0.2, 0.25) is 0 Å². The van der Waals surface area contributed by atoms with Crippen LogP contribution < -0.4 is 15.9 Å². The van der Waals surface area contributed by atoms with Crippen LogP contribution in [-0.4, -0.2) is 28.5 Å². The average Bonchev–Trinajstić information content (AvgIpc) is 3.05. The van der Waals surface area contributed by atoms with Gasteiger partial charge in [-0.1, -0.05) is 6.92 Å². The lowest BCUT2D eigenvalue weighted by atomic mass is 9.94. The molecule has 3 heterocycles. The molecule has 1 aliphatic carbocycles. The molecule has 2 aliphatic heterocycles. The van der Waals surface area contributed by atoms with Crippen LogP contribution in [0.4, 0.5) is 5.69 Å². The number of pyridine rings is 2. The predicted molar refractivity (Wildman–Crippen MR) is 102 cm³/mol. The Balaban J connectivity index is 1.92. The van der Waals surface area contributed by atoms with Gasteiger partial charge in [0.05, 0.1) is 30.3 Å². The molecule has 1 aromatic rings. The van der Waals surface area contributed by atoms with Gasteiger partial charge in [0.2, 0.25) is 0 Å². The van der Waals surface area contributed by atoms with E-state index in [1.54, 1.807) is 25.6 Å². The number of aromatic amines is 1. The SMILES string of the molecule is CCCN1Cc2[nH]c3c(-c4cncc(OC)c4)ccc(=O)c-3c(N)c2C1. The van der Waals surface area contributed by atoms with Crippen molar-refractivity contribution in [1.29, 1.82) is 0 Å². The van der Waals surface area contributed by atoms with Gasteiger partial charge in [-0.05, 0) is 31.2 Å². The Kier molecular flexibility index (Phi) is 4.12. The molecule has 4 rings (SSSR count). The Bertz CT molecular complexity index is 996. The van der Waals surface area contributed by atoms with E-state index >= 15 is 0 Å². The van der Waals surface area contributed by atoms with E-state index in [2.05, 4.69) is 21.8 Å². The van der Waals surface area contributed by atoms with E-state index in [4.69, 9.17) is 10.5 Å². The minimum atomic E-state index is -0.0647. The third-order valence-electron chi connectivity index (χ3n) is 4.96. The van der Waals surface area contributed by atoms with Gasteiger partial charge in [-0.3, -0.25) is 14.7 Å². The van der Waals surface area contributed by atoms with Gasteiger partial charge in [0, 0.05) is 41.7 Å². The van der Waals surface area contributed by atoms with E-state index in [0.29, 0.717) is 17.0 Å². The summed E-state index contributed by atoms with van der Waals surface area (Å²) in [5.41, 5.74) is 12.2. The molecule has 0 bridgehead atoms. The zero-order chi connectivity index (χ0) is 18.3. The van der Waals surface area contributed by atoms with Crippen molar-refractivity contribution in [2.75, 3.05) is 19.4 Å². The van der Waals surface area contributed by atoms with Crippen LogP contribution in [0.5, 0.6) is 5.75 Å². The summed E-state index contributed by atoms with van der Waals surface area (Å²) in [5, 5.41) is 0. The fourth-order valence-electron chi connectivity index (χ4n) is 3.73. The van der Waals surface area contributed by atoms with E-state index in [-0.39, 0.29) is 5.43 Å². The van der Waals surface area contributed by atoms with Gasteiger partial charge in [0.25, 0.3) is 0 Å². The molecule has 0 aromatic carbocycles. The van der Waals surface area contributed by atoms with Gasteiger partial charge in [0.15, 0.2) is 5.43 Å². The first-order valence-corrected chi connectivity index (χ1v) is 8.80. The Morgan fingerprint density at radius 1 is 1.31 bits per heavy atom. The molecule has 6 heteroatoms. The van der Waals surface area contributed by atoms with Gasteiger partial charge in [-0.2, -0.15) is 0 Å². The van der Waals surface area contributed by atoms with Crippen LogP contribution >= 0.6 is 0 Å². The Morgan fingerprint density at radius 3 is 2.92 bits per heavy atom. The highest BCUT2D eigenvalue weighted by Gasteiger charge is 2.27. The van der Waals surface area contributed by atoms with Crippen molar-refractivity contribution < 1.29 is 4.74 Å². The molecule has 0 saturated heterocycles. The number of rotatable bonds is 4. The molecule has 26 heavy (non-hydrogen) atoms. The van der Waals surface area contributed by atoms with E-state index < -0.39 is 0 Å². The van der Waals surface area contributed by atoms with Gasteiger partial charge in [-0.15, -0.1) is 0 Å². The van der Waals surface area contributed by atoms with Gasteiger partial charge in [-0.25, -0.2) is 0 Å². The third-order valence-corrected chi connectivity index (χ3v) is 4.96. The minimum absolute atomic E-state index is 0.0647. The number of fused-ring (bicyclic) bond motifs is 2. The molecule has 3 aliphatic rings. The first-order valence-electron chi connectivity index (χ1n) is 8.80. The number of nitrogens with zero attached hydrogens (tertiary/aromatic N) is 2. The van der Waals surface area contributed by atoms with Crippen molar-refractivity contribution in [1.82, 2.24) is 14.9 Å². The van der Waals surface area contributed by atoms with Crippen LogP contribution in [-0.2, 0) is 13.1 Å². The Labute approximate surface area is 152 Å². The van der Waals surface area contributed by atoms with Gasteiger partial charge in [0.1, 0.15) is 5.75 Å². The average molecular weight is 350 g/mol. The lowest BCUT2D eigenvalue weighted by molar-refractivity contribution is 0.283. The molecule has 1 aromatic heterocycles. The topological polar surface area (TPSA) is 84.2 Å². The first-order chi connectivity index (χ1) is 12.6. The predicted octanol–water partition coefficient (Wildman–Crippen LogP) is 2.86. The van der Waals surface area contributed by atoms with Crippen molar-refractivity contribution in [2.24, 2.45) is 0 Å². The highest BCUT2D eigenvalue weighted by molar-refractivity contribution is 5.89. The number of hydrogen-bond donors (Lipinski definition) is 2. The monoisotopic (exact) mass is 350 g/mol. The highest BCUT2D eigenvalue weighted by Crippen LogP contribution is 2.39. The molecule has 134 valence electrons. The standard InChI is InChI=1S/C20H22N4O2/c1-3-6-24-10-15-16(11-24)23-20-14(4-5-17(25)18(20)19(15)21)12-7-13(26-2)9-22-8-12/h4-5,7-9,23H,3,6,10-11,21H2,1-2H3. The molecule has 0 atom stereocenters. The molecule has 0 spiro atoms. The van der Waals surface area contributed by atoms with Crippen molar-refractivity contribution in [3.05, 3.63) is 52.1 Å². The van der Waals surface area contributed by atoms with Crippen molar-refractivity contribution >= 4 is 5.69 Å². The van der Waals surface area contributed by atoms with E-state index in [1.165, 1.54) is 0 Å². The molecule has 0 saturated carbocycles. The van der Waals surface area contributed by atoms with E-state index in [9.17, 15) is 4.79 Å². The minimum Gasteiger partial charge on any atom is -0.495 e. The summed E-state index contributed by atoms with van der Waals surface area (Å²) < 4.78 is 5.29. The molecule has 6 nitrogen and oxygen atoms in total. The van der Waals surface area contributed by atoms with Gasteiger partial charge < -0.3 is 15.5 Å². The maximum absolute atomic E-state index is 12.6. The number of nitrogens with one attached hydrogen (secondary N) is 1. The lowest BCUT2D eigenvalue weighted by Crippen LogP contribution is -2.17. The zero-order valence-corrected chi connectivity index (χ0v) is 15.0. The summed E-state index contributed by atoms with van der Waals surface area (Å²) in [6.45, 7) is 4.78. The fraction of sp³-hybridized carbons (Fsp3) is 0.300. The van der Waals surface area contributed by atoms with E-state index in [0.717, 1.165) is 54.1 Å². The molecular formula is C20H22N4O2. The van der Waals surface area contributed by atoms with Crippen LogP contribution in [0.1, 0.15) is 24.6 Å². The normalized spacial score (nSPS) is 13.9. The molecular weight excluding hydrogens is 328 g/mol. The quantitative estimate of drug-likeness (QED) is 0.756. The third kappa shape index (κ3) is 2.63. The number of benzene rings is 1. The van der Waals surface area contributed by atoms with E-state index in [1.807, 2.05) is 12.1 Å². The van der Waals surface area contributed by atoms with Crippen LogP contribution in [0.15, 0.2) is 35.4 Å². The second-order valence-corrected chi connectivity index (χ2v) is 6.68. The second kappa shape index (κ2) is 6.46. The van der Waals surface area contributed by atoms with Crippen LogP contribution in [0, 0.1) is 0 Å². The number of nitrogens with two attached hydrogens (primary N) is 1. The Hall–Kier alpha value is -2.86. The van der Waals surface area contributed by atoms with Crippen molar-refractivity contribution in [3.63, 3.8) is 0 Å². The summed E-state index contributed by atoms with van der Waals surface area (Å²) in [4.78, 5) is 22.6. The largest absolute Gasteiger partial charge is 0.495 e. The number of aromatic nitrogens is 2. The first kappa shape index (κ1) is 16.6. The summed E-state index contributed by atoms with van der Waals surface area (Å²) >= 11 is 0. The zero-order valence-electron chi connectivity index (χ0n) is 15.0. The highest BCUT2D eigenvalue weighted by atomic mass is 16.5. The molecule has 0 unspecified atom stereocenters. The van der Waals surface area contributed by atoms with Crippen molar-refractivity contribution in [3.8, 4) is 28.1 Å². The number of anilines is 1. The molecule has 0 fully saturated rings. The smallest absolute Gasteiger partial charge is 0.190 e. The molecule has 0 radical (unpaired) electrons. The Morgan fingerprint density at radius 2 is 2.15 bits per heavy atom. The van der Waals surface area contributed by atoms with Crippen LogP contribution in [0.25, 0.3) is 22.4 Å². The van der Waals surface area contributed by atoms with Crippen molar-refractivity contribution in [2.45, 2.75) is 26.4 Å². The number of nitrogen functional groups attached to an aromatic ring is 1. The van der Waals surface area contributed by atoms with Crippen LogP contribution in [0.3, 0.4) is 0 Å². The summed E-state index contributed by atoms with van der Waals surface area (Å²) in [7, 11) is 1.61. The lowest BCUT2D eigenvalue weighted by Gasteiger charge is -2.17. The number of ether oxygens (including phenoxy) is 1. The maximum Gasteiger partial charge on any atom is 0.190 e. The maximum atomic E-state index is 12.6. The second-order valence-electron chi connectivity index (χ2n) is 6.68. The number of methoxy groups -OCH3 is 1. The fourth-order valence-corrected chi connectivity index (χ4v) is 3.73. The molecule has 0 amide bonds. The number of H-pyrrole nitrogens is 1. The summed E-state index contributed by atoms with van der Waals surface area (Å²) in [6.07, 6.45) is 4.51. The van der Waals surface area contributed by atoms with Gasteiger partial charge >= 0.3 is 0 Å². The molecule has 3 N–H and O–H groups in total. The number of hydrogen-bond acceptors (Lipinski definition) is 5. The summed E-state index contributed by atoms with van der Waals surface area (Å²) in [5.74, 6) is 0.671. The summed E-state index contributed by atoms with van der Waals surface area (Å²) in [6, 6.07) is 5.31.